The Labute approximate surface area is 124 Å². The van der Waals surface area contributed by atoms with E-state index in [2.05, 4.69) is 29.0 Å². The minimum atomic E-state index is 0.791. The topological polar surface area (TPSA) is 30.9 Å². The van der Waals surface area contributed by atoms with Crippen LogP contribution < -0.4 is 5.32 Å². The zero-order valence-corrected chi connectivity index (χ0v) is 13.4. The van der Waals surface area contributed by atoms with E-state index in [1.807, 2.05) is 0 Å². The van der Waals surface area contributed by atoms with Gasteiger partial charge in [0.1, 0.15) is 0 Å². The minimum Gasteiger partial charge on any atom is -0.357 e. The fourth-order valence-electron chi connectivity index (χ4n) is 3.28. The summed E-state index contributed by atoms with van der Waals surface area (Å²) in [4.78, 5) is 9.93. The standard InChI is InChI=1S/C16H32N4/c1-3-9-19-12-7-15(8-13-19)14-18-16(17-4-2)20-10-5-6-11-20/h15H,3-14H2,1-2H3,(H,17,18). The highest BCUT2D eigenvalue weighted by molar-refractivity contribution is 5.80. The van der Waals surface area contributed by atoms with Crippen LogP contribution in [0.15, 0.2) is 4.99 Å². The predicted octanol–water partition coefficient (Wildman–Crippen LogP) is 2.17. The van der Waals surface area contributed by atoms with Gasteiger partial charge in [-0.15, -0.1) is 0 Å². The van der Waals surface area contributed by atoms with Crippen molar-refractivity contribution in [3.05, 3.63) is 0 Å². The third-order valence-electron chi connectivity index (χ3n) is 4.49. The van der Waals surface area contributed by atoms with Gasteiger partial charge in [0.25, 0.3) is 0 Å². The van der Waals surface area contributed by atoms with Gasteiger partial charge >= 0.3 is 0 Å². The fraction of sp³-hybridized carbons (Fsp3) is 0.938. The van der Waals surface area contributed by atoms with E-state index in [1.54, 1.807) is 0 Å². The molecule has 4 nitrogen and oxygen atoms in total. The first-order chi connectivity index (χ1) is 9.83. The zero-order valence-electron chi connectivity index (χ0n) is 13.4. The second-order valence-electron chi connectivity index (χ2n) is 6.17. The Morgan fingerprint density at radius 3 is 2.40 bits per heavy atom. The lowest BCUT2D eigenvalue weighted by Gasteiger charge is -2.31. The smallest absolute Gasteiger partial charge is 0.193 e. The highest BCUT2D eigenvalue weighted by Crippen LogP contribution is 2.18. The number of likely N-dealkylation sites (tertiary alicyclic amines) is 2. The van der Waals surface area contributed by atoms with Crippen molar-refractivity contribution in [2.24, 2.45) is 10.9 Å². The molecule has 0 amide bonds. The van der Waals surface area contributed by atoms with Gasteiger partial charge in [0.2, 0.25) is 0 Å². The van der Waals surface area contributed by atoms with Gasteiger partial charge in [-0.2, -0.15) is 0 Å². The molecule has 0 saturated carbocycles. The van der Waals surface area contributed by atoms with Crippen LogP contribution in [0.5, 0.6) is 0 Å². The lowest BCUT2D eigenvalue weighted by molar-refractivity contribution is 0.188. The summed E-state index contributed by atoms with van der Waals surface area (Å²) in [7, 11) is 0. The van der Waals surface area contributed by atoms with Gasteiger partial charge in [0.15, 0.2) is 5.96 Å². The van der Waals surface area contributed by atoms with Crippen LogP contribution in [0.3, 0.4) is 0 Å². The van der Waals surface area contributed by atoms with Crippen molar-refractivity contribution in [2.75, 3.05) is 45.8 Å². The van der Waals surface area contributed by atoms with Crippen molar-refractivity contribution in [2.45, 2.75) is 46.0 Å². The molecule has 0 aliphatic carbocycles. The molecule has 0 bridgehead atoms. The van der Waals surface area contributed by atoms with Crippen LogP contribution >= 0.6 is 0 Å². The average molecular weight is 280 g/mol. The van der Waals surface area contributed by atoms with E-state index >= 15 is 0 Å². The van der Waals surface area contributed by atoms with E-state index < -0.39 is 0 Å². The second-order valence-corrected chi connectivity index (χ2v) is 6.17. The number of rotatable bonds is 5. The molecular weight excluding hydrogens is 248 g/mol. The summed E-state index contributed by atoms with van der Waals surface area (Å²) in [6.07, 6.45) is 6.56. The fourth-order valence-corrected chi connectivity index (χ4v) is 3.28. The molecule has 0 spiro atoms. The summed E-state index contributed by atoms with van der Waals surface area (Å²) in [5, 5.41) is 3.46. The molecule has 0 aromatic carbocycles. The first-order valence-electron chi connectivity index (χ1n) is 8.59. The quantitative estimate of drug-likeness (QED) is 0.618. The van der Waals surface area contributed by atoms with E-state index in [0.717, 1.165) is 25.0 Å². The van der Waals surface area contributed by atoms with Gasteiger partial charge in [0.05, 0.1) is 0 Å². The largest absolute Gasteiger partial charge is 0.357 e. The van der Waals surface area contributed by atoms with E-state index in [4.69, 9.17) is 4.99 Å². The first-order valence-corrected chi connectivity index (χ1v) is 8.59. The third kappa shape index (κ3) is 4.65. The summed E-state index contributed by atoms with van der Waals surface area (Å²) in [6.45, 7) is 12.6. The summed E-state index contributed by atoms with van der Waals surface area (Å²) in [5.74, 6) is 1.94. The molecule has 20 heavy (non-hydrogen) atoms. The van der Waals surface area contributed by atoms with E-state index in [-0.39, 0.29) is 0 Å². The molecule has 2 aliphatic heterocycles. The number of hydrogen-bond acceptors (Lipinski definition) is 2. The normalized spacial score (nSPS) is 22.5. The number of piperidine rings is 1. The van der Waals surface area contributed by atoms with Crippen LogP contribution in [-0.2, 0) is 0 Å². The maximum atomic E-state index is 4.90. The Hall–Kier alpha value is -0.770. The van der Waals surface area contributed by atoms with Gasteiger partial charge in [0, 0.05) is 26.2 Å². The van der Waals surface area contributed by atoms with Crippen molar-refractivity contribution in [3.8, 4) is 0 Å². The monoisotopic (exact) mass is 280 g/mol. The molecule has 0 atom stereocenters. The number of nitrogens with zero attached hydrogens (tertiary/aromatic N) is 3. The molecule has 2 aliphatic rings. The Morgan fingerprint density at radius 1 is 1.10 bits per heavy atom. The maximum absolute atomic E-state index is 4.90. The van der Waals surface area contributed by atoms with E-state index in [0.29, 0.717) is 0 Å². The lowest BCUT2D eigenvalue weighted by atomic mass is 9.97. The van der Waals surface area contributed by atoms with Gasteiger partial charge in [-0.05, 0) is 64.6 Å². The van der Waals surface area contributed by atoms with Gasteiger partial charge in [-0.1, -0.05) is 6.92 Å². The molecule has 2 heterocycles. The van der Waals surface area contributed by atoms with Crippen LogP contribution in [0.1, 0.15) is 46.0 Å². The highest BCUT2D eigenvalue weighted by Gasteiger charge is 2.20. The van der Waals surface area contributed by atoms with E-state index in [9.17, 15) is 0 Å². The summed E-state index contributed by atoms with van der Waals surface area (Å²) in [6, 6.07) is 0. The lowest BCUT2D eigenvalue weighted by Crippen LogP contribution is -2.40. The van der Waals surface area contributed by atoms with Crippen molar-refractivity contribution >= 4 is 5.96 Å². The zero-order chi connectivity index (χ0) is 14.2. The number of guanidine groups is 1. The Kier molecular flexibility index (Phi) is 6.64. The highest BCUT2D eigenvalue weighted by atomic mass is 15.3. The molecule has 1 N–H and O–H groups in total. The SMILES string of the molecule is CCCN1CCC(CN=C(NCC)N2CCCC2)CC1. The molecule has 116 valence electrons. The Balaban J connectivity index is 1.77. The number of aliphatic imine (C=N–C) groups is 1. The number of hydrogen-bond donors (Lipinski definition) is 1. The third-order valence-corrected chi connectivity index (χ3v) is 4.49. The second kappa shape index (κ2) is 8.50. The summed E-state index contributed by atoms with van der Waals surface area (Å²) in [5.41, 5.74) is 0. The van der Waals surface area contributed by atoms with Crippen molar-refractivity contribution in [1.29, 1.82) is 0 Å². The molecule has 4 heteroatoms. The molecule has 2 fully saturated rings. The minimum absolute atomic E-state index is 0.791. The molecule has 0 aromatic heterocycles. The van der Waals surface area contributed by atoms with Crippen molar-refractivity contribution in [3.63, 3.8) is 0 Å². The van der Waals surface area contributed by atoms with Crippen molar-refractivity contribution < 1.29 is 0 Å². The average Bonchev–Trinajstić information content (AvgIpc) is 2.99. The molecule has 0 unspecified atom stereocenters. The first kappa shape index (κ1) is 15.6. The van der Waals surface area contributed by atoms with Crippen LogP contribution in [0.2, 0.25) is 0 Å². The predicted molar refractivity (Wildman–Crippen MR) is 86.2 cm³/mol. The summed E-state index contributed by atoms with van der Waals surface area (Å²) < 4.78 is 0. The molecule has 0 radical (unpaired) electrons. The Morgan fingerprint density at radius 2 is 1.80 bits per heavy atom. The van der Waals surface area contributed by atoms with Gasteiger partial charge in [-0.3, -0.25) is 4.99 Å². The van der Waals surface area contributed by atoms with Crippen molar-refractivity contribution in [1.82, 2.24) is 15.1 Å². The summed E-state index contributed by atoms with van der Waals surface area (Å²) >= 11 is 0. The van der Waals surface area contributed by atoms with E-state index in [1.165, 1.54) is 64.8 Å². The van der Waals surface area contributed by atoms with Gasteiger partial charge in [-0.25, -0.2) is 0 Å². The Bertz CT molecular complexity index is 289. The van der Waals surface area contributed by atoms with Crippen LogP contribution in [0.4, 0.5) is 0 Å². The molecular formula is C16H32N4. The van der Waals surface area contributed by atoms with Crippen LogP contribution in [-0.4, -0.2) is 61.6 Å². The number of nitrogens with one attached hydrogen (secondary N) is 1. The molecule has 0 aromatic rings. The van der Waals surface area contributed by atoms with Crippen LogP contribution in [0.25, 0.3) is 0 Å². The maximum Gasteiger partial charge on any atom is 0.193 e. The van der Waals surface area contributed by atoms with Gasteiger partial charge < -0.3 is 15.1 Å². The van der Waals surface area contributed by atoms with Crippen LogP contribution in [0, 0.1) is 5.92 Å². The molecule has 2 saturated heterocycles. The molecule has 2 rings (SSSR count).